The monoisotopic (exact) mass is 416 g/mol. The Kier molecular flexibility index (Phi) is 6.88. The highest BCUT2D eigenvalue weighted by Crippen LogP contribution is 2.38. The van der Waals surface area contributed by atoms with Crippen molar-refractivity contribution in [3.63, 3.8) is 0 Å². The lowest BCUT2D eigenvalue weighted by molar-refractivity contribution is -0.138. The maximum absolute atomic E-state index is 12.9. The van der Waals surface area contributed by atoms with E-state index in [4.69, 9.17) is 14.7 Å². The number of hydrogen-bond acceptors (Lipinski definition) is 6. The topological polar surface area (TPSA) is 79.6 Å². The van der Waals surface area contributed by atoms with E-state index in [1.807, 2.05) is 36.1 Å². The van der Waals surface area contributed by atoms with E-state index in [1.165, 1.54) is 6.08 Å². The highest BCUT2D eigenvalue weighted by molar-refractivity contribution is 5.99. The first-order valence-corrected chi connectivity index (χ1v) is 10.1. The summed E-state index contributed by atoms with van der Waals surface area (Å²) in [6.07, 6.45) is 3.22. The van der Waals surface area contributed by atoms with Gasteiger partial charge in [0.25, 0.3) is 0 Å². The normalized spacial score (nSPS) is 15.4. The molecule has 1 heterocycles. The van der Waals surface area contributed by atoms with Crippen molar-refractivity contribution >= 4 is 17.6 Å². The molecule has 6 heteroatoms. The fourth-order valence-electron chi connectivity index (χ4n) is 3.39. The quantitative estimate of drug-likeness (QED) is 0.651. The Labute approximate surface area is 182 Å². The van der Waals surface area contributed by atoms with Gasteiger partial charge in [-0.15, -0.1) is 0 Å². The van der Waals surface area contributed by atoms with Gasteiger partial charge in [-0.25, -0.2) is 9.59 Å². The number of ether oxygens (including phenoxy) is 2. The van der Waals surface area contributed by atoms with Crippen LogP contribution in [0.3, 0.4) is 0 Å². The molecule has 1 aliphatic rings. The van der Waals surface area contributed by atoms with Crippen molar-refractivity contribution in [2.75, 3.05) is 18.1 Å². The summed E-state index contributed by atoms with van der Waals surface area (Å²) in [4.78, 5) is 27.3. The molecule has 3 rings (SSSR count). The summed E-state index contributed by atoms with van der Waals surface area (Å²) in [6.45, 7) is 5.88. The van der Waals surface area contributed by atoms with Crippen molar-refractivity contribution in [2.45, 2.75) is 26.8 Å². The van der Waals surface area contributed by atoms with Gasteiger partial charge in [-0.05, 0) is 56.7 Å². The second-order valence-corrected chi connectivity index (χ2v) is 7.00. The highest BCUT2D eigenvalue weighted by atomic mass is 16.5. The van der Waals surface area contributed by atoms with E-state index in [0.29, 0.717) is 11.1 Å². The highest BCUT2D eigenvalue weighted by Gasteiger charge is 2.34. The van der Waals surface area contributed by atoms with Crippen molar-refractivity contribution in [2.24, 2.45) is 0 Å². The molecular weight excluding hydrogens is 392 g/mol. The Morgan fingerprint density at radius 2 is 1.58 bits per heavy atom. The Bertz CT molecular complexity index is 1060. The fraction of sp³-hybridized carbons (Fsp3) is 0.240. The number of hydrogen-bond donors (Lipinski definition) is 0. The van der Waals surface area contributed by atoms with E-state index in [2.05, 4.69) is 6.07 Å². The molecule has 31 heavy (non-hydrogen) atoms. The van der Waals surface area contributed by atoms with Gasteiger partial charge in [-0.1, -0.05) is 29.8 Å². The maximum Gasteiger partial charge on any atom is 0.339 e. The molecule has 0 spiro atoms. The minimum absolute atomic E-state index is 0.208. The summed E-state index contributed by atoms with van der Waals surface area (Å²) in [6, 6.07) is 16.4. The molecule has 0 saturated heterocycles. The number of carbonyl (C=O) groups excluding carboxylic acids is 2. The summed E-state index contributed by atoms with van der Waals surface area (Å²) in [5.74, 6) is -1.02. The Hall–Kier alpha value is -3.85. The number of esters is 2. The zero-order valence-electron chi connectivity index (χ0n) is 17.8. The van der Waals surface area contributed by atoms with Crippen molar-refractivity contribution in [3.05, 3.63) is 88.6 Å². The molecule has 6 nitrogen and oxygen atoms in total. The predicted octanol–water partition coefficient (Wildman–Crippen LogP) is 4.36. The first-order valence-electron chi connectivity index (χ1n) is 10.1. The fourth-order valence-corrected chi connectivity index (χ4v) is 3.39. The largest absolute Gasteiger partial charge is 0.463 e. The van der Waals surface area contributed by atoms with Crippen LogP contribution in [0.15, 0.2) is 72.0 Å². The van der Waals surface area contributed by atoms with E-state index < -0.39 is 18.0 Å². The van der Waals surface area contributed by atoms with Crippen LogP contribution in [-0.2, 0) is 19.1 Å². The van der Waals surface area contributed by atoms with Crippen LogP contribution >= 0.6 is 0 Å². The van der Waals surface area contributed by atoms with Crippen LogP contribution in [0.25, 0.3) is 0 Å². The Morgan fingerprint density at radius 1 is 0.968 bits per heavy atom. The Balaban J connectivity index is 2.18. The first-order chi connectivity index (χ1) is 15.0. The summed E-state index contributed by atoms with van der Waals surface area (Å²) in [5.41, 5.74) is 3.78. The van der Waals surface area contributed by atoms with E-state index in [9.17, 15) is 9.59 Å². The van der Waals surface area contributed by atoms with Crippen LogP contribution in [0.1, 0.15) is 36.6 Å². The van der Waals surface area contributed by atoms with Crippen molar-refractivity contribution in [1.29, 1.82) is 5.26 Å². The molecular formula is C25H24N2O4. The minimum Gasteiger partial charge on any atom is -0.463 e. The number of anilines is 1. The number of nitriles is 1. The zero-order chi connectivity index (χ0) is 22.4. The lowest BCUT2D eigenvalue weighted by Crippen LogP contribution is -2.33. The number of rotatable bonds is 6. The standard InChI is InChI=1S/C25H24N2O4/c1-4-30-24(28)20-14-22(25(29)31-5-2)23(19-10-8-18(15-26)9-11-19)27(16-20)21-12-6-17(3)7-13-21/h6-14,16,23H,4-5H2,1-3H3. The molecule has 0 bridgehead atoms. The van der Waals surface area contributed by atoms with Crippen LogP contribution in [0.5, 0.6) is 0 Å². The number of carbonyl (C=O) groups is 2. The molecule has 0 saturated carbocycles. The summed E-state index contributed by atoms with van der Waals surface area (Å²) in [5, 5.41) is 9.14. The van der Waals surface area contributed by atoms with Crippen molar-refractivity contribution in [1.82, 2.24) is 0 Å². The van der Waals surface area contributed by atoms with E-state index in [-0.39, 0.29) is 18.8 Å². The molecule has 0 amide bonds. The minimum atomic E-state index is -0.535. The molecule has 2 aromatic rings. The van der Waals surface area contributed by atoms with Gasteiger partial charge in [0.1, 0.15) is 0 Å². The van der Waals surface area contributed by atoms with Gasteiger partial charge < -0.3 is 14.4 Å². The summed E-state index contributed by atoms with van der Waals surface area (Å²) in [7, 11) is 0. The lowest BCUT2D eigenvalue weighted by atomic mass is 9.91. The van der Waals surface area contributed by atoms with Gasteiger partial charge in [-0.3, -0.25) is 0 Å². The average Bonchev–Trinajstić information content (AvgIpc) is 2.79. The zero-order valence-corrected chi connectivity index (χ0v) is 17.8. The number of benzene rings is 2. The van der Waals surface area contributed by atoms with Crippen molar-refractivity contribution in [3.8, 4) is 6.07 Å². The molecule has 2 aromatic carbocycles. The van der Waals surface area contributed by atoms with Crippen molar-refractivity contribution < 1.29 is 19.1 Å². The van der Waals surface area contributed by atoms with Crippen LogP contribution in [0, 0.1) is 18.3 Å². The second kappa shape index (κ2) is 9.77. The predicted molar refractivity (Wildman–Crippen MR) is 117 cm³/mol. The third kappa shape index (κ3) is 4.84. The third-order valence-corrected chi connectivity index (χ3v) is 4.87. The molecule has 1 aliphatic heterocycles. The lowest BCUT2D eigenvalue weighted by Gasteiger charge is -2.35. The molecule has 0 aromatic heterocycles. The molecule has 0 N–H and O–H groups in total. The number of nitrogens with zero attached hydrogens (tertiary/aromatic N) is 2. The van der Waals surface area contributed by atoms with Gasteiger partial charge in [0, 0.05) is 11.9 Å². The molecule has 0 radical (unpaired) electrons. The van der Waals surface area contributed by atoms with Crippen LogP contribution in [-0.4, -0.2) is 25.2 Å². The van der Waals surface area contributed by atoms with E-state index >= 15 is 0 Å². The summed E-state index contributed by atoms with van der Waals surface area (Å²) < 4.78 is 10.5. The number of aryl methyl sites for hydroxylation is 1. The van der Waals surface area contributed by atoms with Gasteiger partial charge >= 0.3 is 11.9 Å². The molecule has 1 unspecified atom stereocenters. The first kappa shape index (κ1) is 21.8. The summed E-state index contributed by atoms with van der Waals surface area (Å²) >= 11 is 0. The van der Waals surface area contributed by atoms with Crippen LogP contribution < -0.4 is 4.90 Å². The van der Waals surface area contributed by atoms with Gasteiger partial charge in [0.15, 0.2) is 0 Å². The maximum atomic E-state index is 12.9. The second-order valence-electron chi connectivity index (χ2n) is 7.00. The molecule has 0 aliphatic carbocycles. The molecule has 1 atom stereocenters. The molecule has 158 valence electrons. The van der Waals surface area contributed by atoms with Gasteiger partial charge in [-0.2, -0.15) is 5.26 Å². The van der Waals surface area contributed by atoms with Gasteiger partial charge in [0.2, 0.25) is 0 Å². The van der Waals surface area contributed by atoms with Crippen LogP contribution in [0.4, 0.5) is 5.69 Å². The van der Waals surface area contributed by atoms with Crippen LogP contribution in [0.2, 0.25) is 0 Å². The Morgan fingerprint density at radius 3 is 2.16 bits per heavy atom. The van der Waals surface area contributed by atoms with Gasteiger partial charge in [0.05, 0.1) is 42.0 Å². The average molecular weight is 416 g/mol. The smallest absolute Gasteiger partial charge is 0.339 e. The third-order valence-electron chi connectivity index (χ3n) is 4.87. The van der Waals surface area contributed by atoms with E-state index in [0.717, 1.165) is 16.8 Å². The van der Waals surface area contributed by atoms with E-state index in [1.54, 1.807) is 44.3 Å². The SMILES string of the molecule is CCOC(=O)C1=CN(c2ccc(C)cc2)C(c2ccc(C#N)cc2)C(C(=O)OCC)=C1. The molecule has 0 fully saturated rings.